The summed E-state index contributed by atoms with van der Waals surface area (Å²) in [7, 11) is 0. The van der Waals surface area contributed by atoms with Crippen LogP contribution in [0.4, 0.5) is 28.0 Å². The lowest BCUT2D eigenvalue weighted by molar-refractivity contribution is -0.153. The number of benzene rings is 3. The van der Waals surface area contributed by atoms with Gasteiger partial charge in [-0.05, 0) is 86.8 Å². The molecule has 1 saturated carbocycles. The number of carbonyl (C=O) groups excluding carboxylic acids is 4. The topological polar surface area (TPSA) is 111 Å². The number of amides is 3. The molecule has 0 saturated heterocycles. The number of rotatable bonds is 5. The molecule has 0 aromatic heterocycles. The predicted molar refractivity (Wildman–Crippen MR) is 184 cm³/mol. The maximum absolute atomic E-state index is 13.7. The molecular weight excluding hydrogens is 715 g/mol. The van der Waals surface area contributed by atoms with E-state index in [1.165, 1.54) is 0 Å². The van der Waals surface area contributed by atoms with Crippen LogP contribution in [-0.4, -0.2) is 29.5 Å². The van der Waals surface area contributed by atoms with Gasteiger partial charge in [-0.25, -0.2) is 27.2 Å². The zero-order chi connectivity index (χ0) is 38.0. The van der Waals surface area contributed by atoms with Crippen LogP contribution < -0.4 is 10.6 Å². The zero-order valence-electron chi connectivity index (χ0n) is 28.7. The summed E-state index contributed by atoms with van der Waals surface area (Å²) in [6.07, 6.45) is 3.65. The summed E-state index contributed by atoms with van der Waals surface area (Å²) in [5.74, 6) is -6.59. The average Bonchev–Trinajstić information content (AvgIpc) is 3.57. The first kappa shape index (κ1) is 39.4. The largest absolute Gasteiger partial charge is 0.447 e. The monoisotopic (exact) mass is 750 g/mol. The van der Waals surface area contributed by atoms with Crippen LogP contribution >= 0.6 is 23.2 Å². The Morgan fingerprint density at radius 3 is 2.04 bits per heavy atom. The number of hydrogen-bond acceptors (Lipinski definition) is 6. The summed E-state index contributed by atoms with van der Waals surface area (Å²) in [6, 6.07) is 6.14. The van der Waals surface area contributed by atoms with E-state index in [4.69, 9.17) is 32.7 Å². The van der Waals surface area contributed by atoms with Crippen molar-refractivity contribution in [3.63, 3.8) is 0 Å². The van der Waals surface area contributed by atoms with Crippen molar-refractivity contribution in [1.82, 2.24) is 5.32 Å². The normalized spacial score (nSPS) is 14.9. The van der Waals surface area contributed by atoms with Gasteiger partial charge in [0.15, 0.2) is 23.0 Å². The number of urea groups is 1. The van der Waals surface area contributed by atoms with Crippen molar-refractivity contribution in [2.75, 3.05) is 5.32 Å². The van der Waals surface area contributed by atoms with Gasteiger partial charge in [-0.15, -0.1) is 0 Å². The summed E-state index contributed by atoms with van der Waals surface area (Å²) in [5, 5.41) is 1.88. The molecule has 3 aromatic rings. The van der Waals surface area contributed by atoms with Crippen molar-refractivity contribution >= 4 is 58.3 Å². The van der Waals surface area contributed by atoms with E-state index in [1.54, 1.807) is 5.32 Å². The number of nitrogens with one attached hydrogen (secondary N) is 2. The summed E-state index contributed by atoms with van der Waals surface area (Å²) >= 11 is 10.8. The molecule has 0 bridgehead atoms. The minimum absolute atomic E-state index is 0.181. The van der Waals surface area contributed by atoms with E-state index in [9.17, 15) is 36.7 Å². The number of esters is 2. The van der Waals surface area contributed by atoms with E-state index >= 15 is 0 Å². The van der Waals surface area contributed by atoms with Gasteiger partial charge in [-0.1, -0.05) is 67.7 Å². The molecule has 0 unspecified atom stereocenters. The van der Waals surface area contributed by atoms with Crippen molar-refractivity contribution in [1.29, 1.82) is 0 Å². The Morgan fingerprint density at radius 1 is 0.922 bits per heavy atom. The van der Waals surface area contributed by atoms with Gasteiger partial charge in [0.25, 0.3) is 5.91 Å². The van der Waals surface area contributed by atoms with E-state index in [1.807, 2.05) is 46.9 Å². The lowest BCUT2D eigenvalue weighted by atomic mass is 9.89. The van der Waals surface area contributed by atoms with Crippen LogP contribution in [0.2, 0.25) is 10.0 Å². The average molecular weight is 752 g/mol. The maximum Gasteiger partial charge on any atom is 0.343 e. The van der Waals surface area contributed by atoms with E-state index in [0.717, 1.165) is 53.3 Å². The second-order valence-electron chi connectivity index (χ2n) is 13.6. The van der Waals surface area contributed by atoms with E-state index in [-0.39, 0.29) is 17.4 Å². The molecule has 1 aliphatic carbocycles. The number of imide groups is 1. The van der Waals surface area contributed by atoms with Crippen molar-refractivity contribution in [2.24, 2.45) is 5.41 Å². The van der Waals surface area contributed by atoms with Gasteiger partial charge in [0.1, 0.15) is 27.8 Å². The predicted octanol–water partition coefficient (Wildman–Crippen LogP) is 9.68. The van der Waals surface area contributed by atoms with Gasteiger partial charge in [0.05, 0.1) is 17.1 Å². The number of anilines is 1. The van der Waals surface area contributed by atoms with Crippen LogP contribution in [-0.2, 0) is 19.1 Å². The third kappa shape index (κ3) is 8.91. The third-order valence-electron chi connectivity index (χ3n) is 8.13. The number of ether oxygens (including phenoxy) is 2. The standard InChI is InChI=1S/C23H30O4.C14H6Cl2F4N2O2/c1-14-11-15(2)18(16(3)12-14)19-20(26-17(24)13-22(4,5)6)23(27-21(19)25)9-7-8-10-23;15-5-4-8(12(20)10(16)11(5)19)21-14(24)22-13(23)9-6(17)2-1-3-7(9)18/h11-12H,7-10,13H2,1-6H3;1-4H,(H2,21,22,23,24). The Hall–Kier alpha value is -4.42. The van der Waals surface area contributed by atoms with Crippen LogP contribution in [0.25, 0.3) is 5.57 Å². The highest BCUT2D eigenvalue weighted by Crippen LogP contribution is 2.49. The SMILES string of the molecule is Cc1cc(C)c(C2=C(OC(=O)CC(C)(C)C)C3(CCCC3)OC2=O)c(C)c1.O=C(NC(=O)c1c(F)cccc1F)Nc1cc(Cl)c(F)c(Cl)c1F. The molecule has 1 aliphatic heterocycles. The molecule has 14 heteroatoms. The summed E-state index contributed by atoms with van der Waals surface area (Å²) in [5.41, 5.74) is 1.83. The quantitative estimate of drug-likeness (QED) is 0.116. The lowest BCUT2D eigenvalue weighted by Crippen LogP contribution is -2.35. The molecule has 5 rings (SSSR count). The molecule has 2 aliphatic rings. The van der Waals surface area contributed by atoms with Gasteiger partial charge in [-0.2, -0.15) is 0 Å². The molecule has 1 heterocycles. The first-order chi connectivity index (χ1) is 23.7. The summed E-state index contributed by atoms with van der Waals surface area (Å²) in [4.78, 5) is 48.9. The Bertz CT molecular complexity index is 1910. The smallest absolute Gasteiger partial charge is 0.343 e. The molecule has 1 fully saturated rings. The molecule has 3 amide bonds. The van der Waals surface area contributed by atoms with Crippen LogP contribution in [0.1, 0.15) is 85.5 Å². The van der Waals surface area contributed by atoms with Crippen molar-refractivity contribution < 1.29 is 46.2 Å². The highest BCUT2D eigenvalue weighted by molar-refractivity contribution is 6.35. The highest BCUT2D eigenvalue weighted by Gasteiger charge is 2.52. The lowest BCUT2D eigenvalue weighted by Gasteiger charge is -2.26. The molecular formula is C37H36Cl2F4N2O6. The fourth-order valence-corrected chi connectivity index (χ4v) is 6.54. The second kappa shape index (κ2) is 15.4. The number of carbonyl (C=O) groups is 4. The molecule has 2 N–H and O–H groups in total. The van der Waals surface area contributed by atoms with Gasteiger partial charge >= 0.3 is 18.0 Å². The Labute approximate surface area is 302 Å². The van der Waals surface area contributed by atoms with Crippen molar-refractivity contribution in [3.05, 3.63) is 103 Å². The van der Waals surface area contributed by atoms with Gasteiger partial charge in [0, 0.05) is 0 Å². The number of hydrogen-bond donors (Lipinski definition) is 2. The number of aryl methyl sites for hydroxylation is 3. The van der Waals surface area contributed by atoms with Crippen molar-refractivity contribution in [3.8, 4) is 0 Å². The van der Waals surface area contributed by atoms with E-state index < -0.39 is 62.1 Å². The van der Waals surface area contributed by atoms with E-state index in [2.05, 4.69) is 12.1 Å². The Kier molecular flexibility index (Phi) is 11.9. The molecule has 8 nitrogen and oxygen atoms in total. The first-order valence-corrected chi connectivity index (χ1v) is 16.7. The van der Waals surface area contributed by atoms with Crippen LogP contribution in [0.5, 0.6) is 0 Å². The van der Waals surface area contributed by atoms with Crippen LogP contribution in [0, 0.1) is 49.5 Å². The summed E-state index contributed by atoms with van der Waals surface area (Å²) < 4.78 is 65.6. The molecule has 3 aromatic carbocycles. The Morgan fingerprint density at radius 2 is 1.49 bits per heavy atom. The molecule has 0 atom stereocenters. The zero-order valence-corrected chi connectivity index (χ0v) is 30.2. The molecule has 272 valence electrons. The minimum atomic E-state index is -1.40. The highest BCUT2D eigenvalue weighted by atomic mass is 35.5. The molecule has 1 spiro atoms. The van der Waals surface area contributed by atoms with E-state index in [0.29, 0.717) is 36.7 Å². The fourth-order valence-electron chi connectivity index (χ4n) is 6.09. The Balaban J connectivity index is 0.000000230. The summed E-state index contributed by atoms with van der Waals surface area (Å²) in [6.45, 7) is 12.0. The van der Waals surface area contributed by atoms with Crippen LogP contribution in [0.3, 0.4) is 0 Å². The van der Waals surface area contributed by atoms with Gasteiger partial charge in [0.2, 0.25) is 0 Å². The number of halogens is 6. The first-order valence-electron chi connectivity index (χ1n) is 15.9. The van der Waals surface area contributed by atoms with Gasteiger partial charge < -0.3 is 14.8 Å². The second-order valence-corrected chi connectivity index (χ2v) is 14.4. The minimum Gasteiger partial charge on any atom is -0.447 e. The fraction of sp³-hybridized carbons (Fsp3) is 0.351. The van der Waals surface area contributed by atoms with Gasteiger partial charge in [-0.3, -0.25) is 14.9 Å². The van der Waals surface area contributed by atoms with Crippen LogP contribution in [0.15, 0.2) is 42.2 Å². The maximum atomic E-state index is 13.7. The molecule has 0 radical (unpaired) electrons. The molecule has 51 heavy (non-hydrogen) atoms. The third-order valence-corrected chi connectivity index (χ3v) is 8.74. The van der Waals surface area contributed by atoms with Crippen molar-refractivity contribution in [2.45, 2.75) is 79.2 Å².